The molecule has 0 bridgehead atoms. The molecule has 0 aromatic heterocycles. The van der Waals surface area contributed by atoms with Gasteiger partial charge < -0.3 is 20.3 Å². The van der Waals surface area contributed by atoms with Crippen molar-refractivity contribution in [1.82, 2.24) is 5.32 Å². The Morgan fingerprint density at radius 3 is 1.61 bits per heavy atom. The minimum absolute atomic E-state index is 0.0541. The lowest BCUT2D eigenvalue weighted by molar-refractivity contribution is -0.151. The molecule has 0 radical (unpaired) electrons. The highest BCUT2D eigenvalue weighted by molar-refractivity contribution is 5.77. The number of aliphatic hydroxyl groups excluding tert-OH is 2. The number of nitrogens with one attached hydrogen (secondary N) is 1. The molecule has 3 N–H and O–H groups in total. The third-order valence-electron chi connectivity index (χ3n) is 9.89. The molecule has 0 spiro atoms. The van der Waals surface area contributed by atoms with Gasteiger partial charge in [-0.15, -0.1) is 0 Å². The van der Waals surface area contributed by atoms with Gasteiger partial charge in [0.1, 0.15) is 6.10 Å². The molecule has 0 aliphatic rings. The number of hydrogen-bond donors (Lipinski definition) is 3. The average molecular weight is 756 g/mol. The number of carbonyl (C=O) groups is 2. The van der Waals surface area contributed by atoms with E-state index in [1.165, 1.54) is 57.8 Å². The highest BCUT2D eigenvalue weighted by Gasteiger charge is 2.24. The van der Waals surface area contributed by atoms with Gasteiger partial charge in [-0.05, 0) is 70.6 Å². The molecule has 0 saturated carbocycles. The van der Waals surface area contributed by atoms with Gasteiger partial charge in [-0.25, -0.2) is 0 Å². The number of aliphatic hydroxyl groups is 2. The third kappa shape index (κ3) is 36.5. The van der Waals surface area contributed by atoms with Crippen LogP contribution in [0.3, 0.4) is 0 Å². The largest absolute Gasteiger partial charge is 0.462 e. The summed E-state index contributed by atoms with van der Waals surface area (Å²) in [5.41, 5.74) is 0. The van der Waals surface area contributed by atoms with Gasteiger partial charge >= 0.3 is 5.97 Å². The topological polar surface area (TPSA) is 95.9 Å². The highest BCUT2D eigenvalue weighted by atomic mass is 16.5. The summed E-state index contributed by atoms with van der Waals surface area (Å²) in [6.07, 6.45) is 50.0. The molecule has 3 unspecified atom stereocenters. The summed E-state index contributed by atoms with van der Waals surface area (Å²) in [4.78, 5) is 25.9. The van der Waals surface area contributed by atoms with E-state index in [1.54, 1.807) is 0 Å². The smallest absolute Gasteiger partial charge is 0.306 e. The van der Waals surface area contributed by atoms with Crippen LogP contribution in [-0.2, 0) is 14.3 Å². The van der Waals surface area contributed by atoms with E-state index >= 15 is 0 Å². The van der Waals surface area contributed by atoms with Gasteiger partial charge in [0, 0.05) is 6.42 Å². The number of hydrogen-bond acceptors (Lipinski definition) is 5. The standard InChI is InChI=1S/C48H85NO5/c1-4-7-10-13-16-19-20-21-22-23-24-25-26-27-29-32-35-38-41-48(53)54-44(39-36-33-30-18-15-12-9-6-3)42-47(52)49-45(43-50)46(51)40-37-34-31-28-17-14-11-8-5-2/h12,15-16,19-25,44-46,50-51H,4-11,13-14,17-18,26-43H2,1-3H3,(H,49,52)/b15-12-,19-16+,21-20+,23-22+,25-24+. The van der Waals surface area contributed by atoms with Crippen molar-refractivity contribution in [3.63, 3.8) is 0 Å². The number of allylic oxidation sites excluding steroid dienone is 10. The molecule has 0 fully saturated rings. The molecular weight excluding hydrogens is 671 g/mol. The zero-order valence-electron chi connectivity index (χ0n) is 35.3. The van der Waals surface area contributed by atoms with Gasteiger partial charge in [0.15, 0.2) is 0 Å². The molecular formula is C48H85NO5. The van der Waals surface area contributed by atoms with E-state index in [0.717, 1.165) is 103 Å². The van der Waals surface area contributed by atoms with Crippen LogP contribution >= 0.6 is 0 Å². The molecule has 0 saturated heterocycles. The van der Waals surface area contributed by atoms with Crippen LogP contribution in [0.15, 0.2) is 60.8 Å². The SMILES string of the molecule is CCC/C=C\CCCCCC(CC(=O)NC(CO)C(O)CCCCCCCCCCC)OC(=O)CCCCCCC/C=C/C=C/C=C/C=C/CCCCC. The van der Waals surface area contributed by atoms with E-state index in [1.807, 2.05) is 0 Å². The molecule has 0 aromatic rings. The Morgan fingerprint density at radius 2 is 1.00 bits per heavy atom. The second-order valence-electron chi connectivity index (χ2n) is 15.2. The summed E-state index contributed by atoms with van der Waals surface area (Å²) in [7, 11) is 0. The first-order valence-electron chi connectivity index (χ1n) is 22.6. The van der Waals surface area contributed by atoms with E-state index in [2.05, 4.69) is 86.8 Å². The zero-order chi connectivity index (χ0) is 39.6. The predicted molar refractivity (Wildman–Crippen MR) is 232 cm³/mol. The first-order chi connectivity index (χ1) is 26.5. The van der Waals surface area contributed by atoms with E-state index < -0.39 is 18.2 Å². The molecule has 1 amide bonds. The first kappa shape index (κ1) is 51.6. The Bertz CT molecular complexity index is 984. The summed E-state index contributed by atoms with van der Waals surface area (Å²) in [5.74, 6) is -0.526. The lowest BCUT2D eigenvalue weighted by Gasteiger charge is -2.24. The molecule has 0 aliphatic heterocycles. The van der Waals surface area contributed by atoms with E-state index in [0.29, 0.717) is 19.3 Å². The van der Waals surface area contributed by atoms with Crippen LogP contribution in [0.25, 0.3) is 0 Å². The van der Waals surface area contributed by atoms with Crippen molar-refractivity contribution in [3.8, 4) is 0 Å². The Morgan fingerprint density at radius 1 is 0.537 bits per heavy atom. The second kappa shape index (κ2) is 41.7. The molecule has 0 rings (SSSR count). The van der Waals surface area contributed by atoms with Crippen molar-refractivity contribution < 1.29 is 24.5 Å². The Labute approximate surface area is 333 Å². The molecule has 0 aromatic carbocycles. The van der Waals surface area contributed by atoms with E-state index in [9.17, 15) is 19.8 Å². The molecule has 3 atom stereocenters. The minimum atomic E-state index is -0.794. The van der Waals surface area contributed by atoms with Crippen LogP contribution in [0.1, 0.15) is 207 Å². The predicted octanol–water partition coefficient (Wildman–Crippen LogP) is 12.9. The molecule has 6 heteroatoms. The van der Waals surface area contributed by atoms with Gasteiger partial charge in [-0.1, -0.05) is 184 Å². The van der Waals surface area contributed by atoms with Gasteiger partial charge in [-0.3, -0.25) is 9.59 Å². The molecule has 6 nitrogen and oxygen atoms in total. The van der Waals surface area contributed by atoms with Crippen LogP contribution in [0, 0.1) is 0 Å². The summed E-state index contributed by atoms with van der Waals surface area (Å²) >= 11 is 0. The molecule has 0 heterocycles. The molecule has 54 heavy (non-hydrogen) atoms. The van der Waals surface area contributed by atoms with Crippen LogP contribution in [0.5, 0.6) is 0 Å². The van der Waals surface area contributed by atoms with Crippen LogP contribution in [0.4, 0.5) is 0 Å². The van der Waals surface area contributed by atoms with Gasteiger partial charge in [0.2, 0.25) is 5.91 Å². The van der Waals surface area contributed by atoms with Crippen molar-refractivity contribution in [2.45, 2.75) is 225 Å². The lowest BCUT2D eigenvalue weighted by Crippen LogP contribution is -2.46. The number of esters is 1. The molecule has 312 valence electrons. The Kier molecular flexibility index (Phi) is 39.8. The normalized spacial score (nSPS) is 13.9. The van der Waals surface area contributed by atoms with Crippen LogP contribution < -0.4 is 5.32 Å². The summed E-state index contributed by atoms with van der Waals surface area (Å²) in [6.45, 7) is 6.32. The van der Waals surface area contributed by atoms with Crippen molar-refractivity contribution in [2.24, 2.45) is 0 Å². The summed E-state index contributed by atoms with van der Waals surface area (Å²) < 4.78 is 5.86. The lowest BCUT2D eigenvalue weighted by atomic mass is 10.0. The van der Waals surface area contributed by atoms with Crippen LogP contribution in [-0.4, -0.2) is 46.9 Å². The van der Waals surface area contributed by atoms with E-state index in [4.69, 9.17) is 4.74 Å². The quantitative estimate of drug-likeness (QED) is 0.0251. The maximum absolute atomic E-state index is 13.1. The number of unbranched alkanes of at least 4 members (excludes halogenated alkanes) is 20. The fourth-order valence-electron chi connectivity index (χ4n) is 6.44. The van der Waals surface area contributed by atoms with E-state index in [-0.39, 0.29) is 24.9 Å². The number of rotatable bonds is 39. The number of carbonyl (C=O) groups excluding carboxylic acids is 2. The second-order valence-corrected chi connectivity index (χ2v) is 15.2. The maximum Gasteiger partial charge on any atom is 0.306 e. The third-order valence-corrected chi connectivity index (χ3v) is 9.89. The fourth-order valence-corrected chi connectivity index (χ4v) is 6.44. The first-order valence-corrected chi connectivity index (χ1v) is 22.6. The van der Waals surface area contributed by atoms with Gasteiger partial charge in [0.25, 0.3) is 0 Å². The van der Waals surface area contributed by atoms with Crippen molar-refractivity contribution >= 4 is 11.9 Å². The zero-order valence-corrected chi connectivity index (χ0v) is 35.3. The highest BCUT2D eigenvalue weighted by Crippen LogP contribution is 2.16. The van der Waals surface area contributed by atoms with Crippen molar-refractivity contribution in [3.05, 3.63) is 60.8 Å². The summed E-state index contributed by atoms with van der Waals surface area (Å²) in [5, 5.41) is 23.5. The number of ether oxygens (including phenoxy) is 1. The van der Waals surface area contributed by atoms with Gasteiger partial charge in [0.05, 0.1) is 25.2 Å². The Balaban J connectivity index is 4.54. The van der Waals surface area contributed by atoms with Gasteiger partial charge in [-0.2, -0.15) is 0 Å². The Hall–Kier alpha value is -2.44. The van der Waals surface area contributed by atoms with Crippen molar-refractivity contribution in [2.75, 3.05) is 6.61 Å². The number of amides is 1. The molecule has 0 aliphatic carbocycles. The summed E-state index contributed by atoms with van der Waals surface area (Å²) in [6, 6.07) is -0.709. The fraction of sp³-hybridized carbons (Fsp3) is 0.750. The minimum Gasteiger partial charge on any atom is -0.462 e. The monoisotopic (exact) mass is 756 g/mol. The maximum atomic E-state index is 13.1. The van der Waals surface area contributed by atoms with Crippen molar-refractivity contribution in [1.29, 1.82) is 0 Å². The average Bonchev–Trinajstić information content (AvgIpc) is 3.16. The van der Waals surface area contributed by atoms with Crippen LogP contribution in [0.2, 0.25) is 0 Å².